The highest BCUT2D eigenvalue weighted by Gasteiger charge is 2.55. The number of hydrogen-bond donors (Lipinski definition) is 1. The topological polar surface area (TPSA) is 97.7 Å². The van der Waals surface area contributed by atoms with Gasteiger partial charge in [0.05, 0.1) is 24.8 Å². The van der Waals surface area contributed by atoms with Crippen LogP contribution in [-0.2, 0) is 9.53 Å². The van der Waals surface area contributed by atoms with E-state index in [4.69, 9.17) is 4.74 Å². The zero-order valence-electron chi connectivity index (χ0n) is 18.0. The van der Waals surface area contributed by atoms with Gasteiger partial charge in [0, 0.05) is 17.4 Å². The normalized spacial score (nSPS) is 26.3. The van der Waals surface area contributed by atoms with E-state index in [1.807, 2.05) is 18.4 Å². The molecule has 3 fully saturated rings. The molecule has 3 aliphatic rings. The number of Topliss-reactive ketones (excluding diaryl/α,β-unsaturated/α-hetero) is 1. The average molecular weight is 415 g/mol. The van der Waals surface area contributed by atoms with Crippen molar-refractivity contribution in [1.29, 1.82) is 0 Å². The number of nitrogens with zero attached hydrogens (tertiary/aromatic N) is 2. The van der Waals surface area contributed by atoms with Gasteiger partial charge < -0.3 is 14.6 Å². The number of carbonyl (C=O) groups is 4. The number of ketones is 1. The van der Waals surface area contributed by atoms with Crippen LogP contribution < -0.4 is 5.32 Å². The van der Waals surface area contributed by atoms with Crippen molar-refractivity contribution in [2.75, 3.05) is 13.7 Å². The second-order valence-corrected chi connectivity index (χ2v) is 8.88. The number of rotatable bonds is 5. The smallest absolute Gasteiger partial charge is 0.340 e. The van der Waals surface area contributed by atoms with Crippen LogP contribution in [0.4, 0.5) is 4.79 Å². The first-order chi connectivity index (χ1) is 14.2. The highest BCUT2D eigenvalue weighted by Crippen LogP contribution is 2.41. The molecule has 0 radical (unpaired) electrons. The van der Waals surface area contributed by atoms with Gasteiger partial charge in [-0.2, -0.15) is 0 Å². The van der Waals surface area contributed by atoms with Gasteiger partial charge in [0.2, 0.25) is 0 Å². The fourth-order valence-electron chi connectivity index (χ4n) is 5.29. The van der Waals surface area contributed by atoms with Crippen LogP contribution in [0.15, 0.2) is 0 Å². The zero-order valence-corrected chi connectivity index (χ0v) is 18.0. The van der Waals surface area contributed by atoms with Gasteiger partial charge in [-0.25, -0.2) is 9.59 Å². The fraction of sp³-hybridized carbons (Fsp3) is 0.636. The molecule has 8 nitrogen and oxygen atoms in total. The molecule has 2 atom stereocenters. The predicted molar refractivity (Wildman–Crippen MR) is 108 cm³/mol. The Labute approximate surface area is 175 Å². The maximum Gasteiger partial charge on any atom is 0.340 e. The summed E-state index contributed by atoms with van der Waals surface area (Å²) >= 11 is 0. The van der Waals surface area contributed by atoms with Gasteiger partial charge in [-0.1, -0.05) is 19.8 Å². The number of aromatic nitrogens is 1. The molecule has 8 heteroatoms. The van der Waals surface area contributed by atoms with Crippen molar-refractivity contribution in [3.8, 4) is 0 Å². The van der Waals surface area contributed by atoms with E-state index in [9.17, 15) is 19.2 Å². The number of imide groups is 1. The maximum absolute atomic E-state index is 13.3. The Bertz CT molecular complexity index is 945. The Balaban J connectivity index is 1.66. The van der Waals surface area contributed by atoms with Gasteiger partial charge in [-0.15, -0.1) is 0 Å². The molecular formula is C22H29N3O5. The standard InChI is InChI=1S/C22H29N3O5/c1-12-7-5-6-10-22(12)20(28)24(21(29)23-22)11-16(26)17-13(2)25(15-8-9-15)14(3)18(17)19(27)30-4/h12,15H,5-11H2,1-4H3,(H,23,29)/t12-,22+/m1/s1. The lowest BCUT2D eigenvalue weighted by molar-refractivity contribution is -0.133. The average Bonchev–Trinajstić information content (AvgIpc) is 3.47. The Morgan fingerprint density at radius 3 is 2.37 bits per heavy atom. The molecule has 2 saturated carbocycles. The lowest BCUT2D eigenvalue weighted by atomic mass is 9.73. The second-order valence-electron chi connectivity index (χ2n) is 8.88. The molecule has 0 aromatic carbocycles. The molecule has 1 N–H and O–H groups in total. The minimum absolute atomic E-state index is 0.0216. The lowest BCUT2D eigenvalue weighted by Gasteiger charge is -2.36. The van der Waals surface area contributed by atoms with E-state index in [2.05, 4.69) is 5.32 Å². The molecule has 1 aromatic heterocycles. The van der Waals surface area contributed by atoms with E-state index in [0.717, 1.165) is 37.0 Å². The van der Waals surface area contributed by atoms with E-state index >= 15 is 0 Å². The number of urea groups is 1. The van der Waals surface area contributed by atoms with Crippen molar-refractivity contribution in [2.45, 2.75) is 70.9 Å². The Kier molecular flexibility index (Phi) is 4.98. The van der Waals surface area contributed by atoms with Crippen molar-refractivity contribution in [3.63, 3.8) is 0 Å². The van der Waals surface area contributed by atoms with Crippen molar-refractivity contribution in [2.24, 2.45) is 5.92 Å². The second kappa shape index (κ2) is 7.25. The van der Waals surface area contributed by atoms with Crippen LogP contribution in [0.3, 0.4) is 0 Å². The monoisotopic (exact) mass is 415 g/mol. The summed E-state index contributed by atoms with van der Waals surface area (Å²) in [6.45, 7) is 5.21. The molecule has 3 amide bonds. The summed E-state index contributed by atoms with van der Waals surface area (Å²) in [5.74, 6) is -1.30. The number of methoxy groups -OCH3 is 1. The van der Waals surface area contributed by atoms with Crippen molar-refractivity contribution in [1.82, 2.24) is 14.8 Å². The van der Waals surface area contributed by atoms with Gasteiger partial charge in [0.1, 0.15) is 5.54 Å². The number of nitrogens with one attached hydrogen (secondary N) is 1. The van der Waals surface area contributed by atoms with Crippen LogP contribution in [0.2, 0.25) is 0 Å². The number of ether oxygens (including phenoxy) is 1. The molecule has 1 aromatic rings. The first kappa shape index (κ1) is 20.6. The van der Waals surface area contributed by atoms with E-state index in [0.29, 0.717) is 17.8 Å². The minimum atomic E-state index is -0.911. The van der Waals surface area contributed by atoms with Crippen LogP contribution in [0, 0.1) is 19.8 Å². The van der Waals surface area contributed by atoms with Crippen molar-refractivity contribution < 1.29 is 23.9 Å². The zero-order chi connectivity index (χ0) is 21.8. The summed E-state index contributed by atoms with van der Waals surface area (Å²) in [7, 11) is 1.28. The molecule has 1 aliphatic heterocycles. The molecule has 2 heterocycles. The summed E-state index contributed by atoms with van der Waals surface area (Å²) in [5, 5.41) is 2.87. The van der Waals surface area contributed by atoms with Gasteiger partial charge in [0.15, 0.2) is 5.78 Å². The number of amides is 3. The third-order valence-corrected chi connectivity index (χ3v) is 7.08. The Hall–Kier alpha value is -2.64. The first-order valence-corrected chi connectivity index (χ1v) is 10.7. The largest absolute Gasteiger partial charge is 0.465 e. The molecule has 0 bridgehead atoms. The summed E-state index contributed by atoms with van der Waals surface area (Å²) in [4.78, 5) is 52.7. The number of hydrogen-bond acceptors (Lipinski definition) is 5. The van der Waals surface area contributed by atoms with Gasteiger partial charge in [-0.3, -0.25) is 14.5 Å². The quantitative estimate of drug-likeness (QED) is 0.453. The highest BCUT2D eigenvalue weighted by atomic mass is 16.5. The maximum atomic E-state index is 13.3. The number of carbonyl (C=O) groups excluding carboxylic acids is 4. The fourth-order valence-corrected chi connectivity index (χ4v) is 5.29. The summed E-state index contributed by atoms with van der Waals surface area (Å²) in [6, 6.07) is -0.254. The van der Waals surface area contributed by atoms with Crippen LogP contribution in [0.1, 0.15) is 83.6 Å². The summed E-state index contributed by atoms with van der Waals surface area (Å²) in [5.41, 5.74) is 0.961. The number of esters is 1. The van der Waals surface area contributed by atoms with E-state index < -0.39 is 23.3 Å². The summed E-state index contributed by atoms with van der Waals surface area (Å²) < 4.78 is 6.94. The van der Waals surface area contributed by atoms with Crippen LogP contribution in [0.5, 0.6) is 0 Å². The lowest BCUT2D eigenvalue weighted by Crippen LogP contribution is -2.54. The molecule has 2 aliphatic carbocycles. The molecule has 1 saturated heterocycles. The highest BCUT2D eigenvalue weighted by molar-refractivity contribution is 6.14. The third-order valence-electron chi connectivity index (χ3n) is 7.08. The molecule has 1 spiro atoms. The molecular weight excluding hydrogens is 386 g/mol. The van der Waals surface area contributed by atoms with Gasteiger partial charge in [0.25, 0.3) is 5.91 Å². The van der Waals surface area contributed by atoms with Crippen LogP contribution >= 0.6 is 0 Å². The molecule has 0 unspecified atom stereocenters. The van der Waals surface area contributed by atoms with E-state index in [1.54, 1.807) is 6.92 Å². The van der Waals surface area contributed by atoms with Crippen molar-refractivity contribution >= 4 is 23.7 Å². The van der Waals surface area contributed by atoms with Crippen LogP contribution in [0.25, 0.3) is 0 Å². The molecule has 4 rings (SSSR count). The minimum Gasteiger partial charge on any atom is -0.465 e. The van der Waals surface area contributed by atoms with E-state index in [1.165, 1.54) is 7.11 Å². The van der Waals surface area contributed by atoms with Crippen molar-refractivity contribution in [3.05, 3.63) is 22.5 Å². The SMILES string of the molecule is COC(=O)c1c(C(=O)CN2C(=O)N[C@]3(CCCC[C@H]3C)C2=O)c(C)n(C2CC2)c1C. The van der Waals surface area contributed by atoms with Gasteiger partial charge in [-0.05, 0) is 45.4 Å². The predicted octanol–water partition coefficient (Wildman–Crippen LogP) is 2.91. The van der Waals surface area contributed by atoms with Gasteiger partial charge >= 0.3 is 12.0 Å². The Morgan fingerprint density at radius 2 is 1.77 bits per heavy atom. The first-order valence-electron chi connectivity index (χ1n) is 10.7. The van der Waals surface area contributed by atoms with E-state index in [-0.39, 0.29) is 35.5 Å². The Morgan fingerprint density at radius 1 is 1.10 bits per heavy atom. The molecule has 30 heavy (non-hydrogen) atoms. The van der Waals surface area contributed by atoms with Crippen LogP contribution in [-0.4, -0.2) is 52.4 Å². The third kappa shape index (κ3) is 2.96. The summed E-state index contributed by atoms with van der Waals surface area (Å²) in [6.07, 6.45) is 5.35. The molecule has 162 valence electrons.